The van der Waals surface area contributed by atoms with E-state index in [1.807, 2.05) is 29.2 Å². The third kappa shape index (κ3) is 3.53. The number of aliphatic hydroxyl groups excluding tert-OH is 1. The summed E-state index contributed by atoms with van der Waals surface area (Å²) in [5.41, 5.74) is -0.427. The average Bonchev–Trinajstić information content (AvgIpc) is 3.06. The third-order valence-electron chi connectivity index (χ3n) is 6.01. The molecule has 1 atom stereocenters. The van der Waals surface area contributed by atoms with Gasteiger partial charge in [-0.1, -0.05) is 25.0 Å². The molecule has 0 spiro atoms. The lowest BCUT2D eigenvalue weighted by molar-refractivity contribution is -0.137. The Labute approximate surface area is 149 Å². The molecule has 5 nitrogen and oxygen atoms in total. The molecule has 1 aliphatic carbocycles. The molecule has 0 bridgehead atoms. The Morgan fingerprint density at radius 3 is 2.36 bits per heavy atom. The van der Waals surface area contributed by atoms with Crippen LogP contribution in [0.1, 0.15) is 50.5 Å². The minimum atomic E-state index is -1.04. The quantitative estimate of drug-likeness (QED) is 0.876. The van der Waals surface area contributed by atoms with Crippen LogP contribution >= 0.6 is 0 Å². The number of ether oxygens (including phenoxy) is 1. The number of amides is 1. The molecule has 2 aliphatic rings. The fraction of sp³-hybridized carbons (Fsp3) is 0.650. The highest BCUT2D eigenvalue weighted by molar-refractivity contribution is 5.88. The van der Waals surface area contributed by atoms with Crippen molar-refractivity contribution in [1.29, 1.82) is 0 Å². The van der Waals surface area contributed by atoms with Gasteiger partial charge in [0.25, 0.3) is 0 Å². The van der Waals surface area contributed by atoms with Crippen molar-refractivity contribution < 1.29 is 19.7 Å². The second kappa shape index (κ2) is 7.34. The number of benzene rings is 1. The normalized spacial score (nSPS) is 26.3. The molecule has 0 aromatic heterocycles. The molecule has 1 saturated carbocycles. The second-order valence-electron chi connectivity index (χ2n) is 7.55. The second-order valence-corrected chi connectivity index (χ2v) is 7.55. The van der Waals surface area contributed by atoms with Crippen LogP contribution in [0, 0.1) is 0 Å². The lowest BCUT2D eigenvalue weighted by atomic mass is 9.77. The van der Waals surface area contributed by atoms with Crippen LogP contribution in [0.4, 0.5) is 0 Å². The van der Waals surface area contributed by atoms with Gasteiger partial charge in [-0.3, -0.25) is 4.79 Å². The van der Waals surface area contributed by atoms with Crippen molar-refractivity contribution in [2.24, 2.45) is 0 Å². The summed E-state index contributed by atoms with van der Waals surface area (Å²) in [4.78, 5) is 15.4. The molecule has 1 aromatic rings. The van der Waals surface area contributed by atoms with Gasteiger partial charge in [-0.25, -0.2) is 0 Å². The number of hydrogen-bond donors (Lipinski definition) is 2. The number of aliphatic hydroxyl groups is 2. The van der Waals surface area contributed by atoms with Crippen molar-refractivity contribution in [3.05, 3.63) is 29.8 Å². The average molecular weight is 347 g/mol. The number of carbonyl (C=O) groups excluding carboxylic acids is 1. The van der Waals surface area contributed by atoms with E-state index in [-0.39, 0.29) is 12.5 Å². The van der Waals surface area contributed by atoms with Crippen LogP contribution in [0.2, 0.25) is 0 Å². The largest absolute Gasteiger partial charge is 0.497 e. The smallest absolute Gasteiger partial charge is 0.233 e. The van der Waals surface area contributed by atoms with Gasteiger partial charge >= 0.3 is 0 Å². The monoisotopic (exact) mass is 347 g/mol. The summed E-state index contributed by atoms with van der Waals surface area (Å²) in [5, 5.41) is 19.8. The van der Waals surface area contributed by atoms with E-state index in [1.165, 1.54) is 0 Å². The molecule has 1 aliphatic heterocycles. The van der Waals surface area contributed by atoms with Gasteiger partial charge in [-0.05, 0) is 49.8 Å². The molecule has 138 valence electrons. The Morgan fingerprint density at radius 1 is 1.08 bits per heavy atom. The third-order valence-corrected chi connectivity index (χ3v) is 6.01. The fourth-order valence-electron chi connectivity index (χ4n) is 4.36. The van der Waals surface area contributed by atoms with Crippen molar-refractivity contribution in [3.8, 4) is 5.75 Å². The molecule has 2 fully saturated rings. The summed E-state index contributed by atoms with van der Waals surface area (Å²) >= 11 is 0. The number of methoxy groups -OCH3 is 1. The van der Waals surface area contributed by atoms with E-state index in [9.17, 15) is 15.0 Å². The van der Waals surface area contributed by atoms with E-state index >= 15 is 0 Å². The fourth-order valence-corrected chi connectivity index (χ4v) is 4.36. The maximum absolute atomic E-state index is 13.5. The van der Waals surface area contributed by atoms with Crippen LogP contribution in [-0.4, -0.2) is 53.4 Å². The summed E-state index contributed by atoms with van der Waals surface area (Å²) < 4.78 is 5.25. The molecular weight excluding hydrogens is 318 g/mol. The van der Waals surface area contributed by atoms with E-state index in [0.29, 0.717) is 25.9 Å². The van der Waals surface area contributed by atoms with E-state index in [4.69, 9.17) is 4.74 Å². The molecule has 25 heavy (non-hydrogen) atoms. The van der Waals surface area contributed by atoms with Crippen LogP contribution in [0.25, 0.3) is 0 Å². The summed E-state index contributed by atoms with van der Waals surface area (Å²) in [6, 6.07) is 7.89. The van der Waals surface area contributed by atoms with Crippen molar-refractivity contribution in [1.82, 2.24) is 4.90 Å². The number of nitrogens with zero attached hydrogens (tertiary/aromatic N) is 1. The van der Waals surface area contributed by atoms with Crippen molar-refractivity contribution in [2.75, 3.05) is 26.8 Å². The van der Waals surface area contributed by atoms with Crippen molar-refractivity contribution >= 4 is 5.91 Å². The topological polar surface area (TPSA) is 70.0 Å². The molecule has 2 N–H and O–H groups in total. The van der Waals surface area contributed by atoms with Crippen LogP contribution in [-0.2, 0) is 10.2 Å². The van der Waals surface area contributed by atoms with Crippen molar-refractivity contribution in [3.63, 3.8) is 0 Å². The molecule has 1 heterocycles. The molecule has 1 unspecified atom stereocenters. The van der Waals surface area contributed by atoms with Gasteiger partial charge in [0.2, 0.25) is 5.91 Å². The van der Waals surface area contributed by atoms with Crippen LogP contribution in [0.5, 0.6) is 5.75 Å². The Kier molecular flexibility index (Phi) is 5.35. The maximum atomic E-state index is 13.5. The van der Waals surface area contributed by atoms with Gasteiger partial charge in [0, 0.05) is 13.1 Å². The Hall–Kier alpha value is -1.59. The first-order valence-electron chi connectivity index (χ1n) is 9.30. The van der Waals surface area contributed by atoms with E-state index in [1.54, 1.807) is 7.11 Å². The Bertz CT molecular complexity index is 594. The minimum Gasteiger partial charge on any atom is -0.497 e. The number of likely N-dealkylation sites (tertiary alicyclic amines) is 1. The van der Waals surface area contributed by atoms with E-state index in [0.717, 1.165) is 43.4 Å². The van der Waals surface area contributed by atoms with Gasteiger partial charge in [0.05, 0.1) is 24.7 Å². The van der Waals surface area contributed by atoms with Gasteiger partial charge in [0.1, 0.15) is 5.75 Å². The van der Waals surface area contributed by atoms with E-state index in [2.05, 4.69) is 0 Å². The zero-order chi connectivity index (χ0) is 17.9. The predicted octanol–water partition coefficient (Wildman–Crippen LogP) is 2.24. The molecular formula is C20H29NO4. The van der Waals surface area contributed by atoms with Crippen LogP contribution < -0.4 is 4.74 Å². The number of carbonyl (C=O) groups is 1. The Balaban J connectivity index is 1.83. The molecule has 3 rings (SSSR count). The molecule has 1 amide bonds. The number of hydrogen-bond acceptors (Lipinski definition) is 4. The zero-order valence-electron chi connectivity index (χ0n) is 15.0. The van der Waals surface area contributed by atoms with Crippen LogP contribution in [0.15, 0.2) is 24.3 Å². The van der Waals surface area contributed by atoms with Gasteiger partial charge in [-0.15, -0.1) is 0 Å². The first-order valence-corrected chi connectivity index (χ1v) is 9.30. The summed E-state index contributed by atoms with van der Waals surface area (Å²) in [6.45, 7) is 0.922. The Morgan fingerprint density at radius 2 is 1.76 bits per heavy atom. The highest BCUT2D eigenvalue weighted by Crippen LogP contribution is 2.43. The maximum Gasteiger partial charge on any atom is 0.233 e. The highest BCUT2D eigenvalue weighted by Gasteiger charge is 2.45. The van der Waals surface area contributed by atoms with Gasteiger partial charge in [-0.2, -0.15) is 0 Å². The summed E-state index contributed by atoms with van der Waals surface area (Å²) in [7, 11) is 1.64. The summed E-state index contributed by atoms with van der Waals surface area (Å²) in [6.07, 6.45) is 5.58. The lowest BCUT2D eigenvalue weighted by Crippen LogP contribution is -2.46. The highest BCUT2D eigenvalue weighted by atomic mass is 16.5. The van der Waals surface area contributed by atoms with E-state index < -0.39 is 11.0 Å². The minimum absolute atomic E-state index is 0.178. The van der Waals surface area contributed by atoms with Gasteiger partial charge in [0.15, 0.2) is 0 Å². The first kappa shape index (κ1) is 18.2. The molecule has 1 saturated heterocycles. The summed E-state index contributed by atoms with van der Waals surface area (Å²) in [5.74, 6) is 0.976. The standard InChI is InChI=1S/C20H29NO4/c1-25-17-7-5-16(6-8-17)20(10-2-3-11-20)18(23)21-13-4-9-19(24,15-22)12-14-21/h5-8,22,24H,2-4,9-15H2,1H3. The molecule has 0 radical (unpaired) electrons. The zero-order valence-corrected chi connectivity index (χ0v) is 15.0. The van der Waals surface area contributed by atoms with Crippen LogP contribution in [0.3, 0.4) is 0 Å². The van der Waals surface area contributed by atoms with Gasteiger partial charge < -0.3 is 19.8 Å². The van der Waals surface area contributed by atoms with Crippen molar-refractivity contribution in [2.45, 2.75) is 56.0 Å². The number of rotatable bonds is 4. The first-order chi connectivity index (χ1) is 12.0. The molecule has 5 heteroatoms. The predicted molar refractivity (Wildman–Crippen MR) is 95.6 cm³/mol. The lowest BCUT2D eigenvalue weighted by Gasteiger charge is -2.35. The SMILES string of the molecule is COc1ccc(C2(C(=O)N3CCCC(O)(CO)CC3)CCCC2)cc1. The molecule has 1 aromatic carbocycles.